The molecule has 1 saturated heterocycles. The summed E-state index contributed by atoms with van der Waals surface area (Å²) in [5.41, 5.74) is 1.06. The smallest absolute Gasteiger partial charge is 0.244 e. The van der Waals surface area contributed by atoms with E-state index in [1.165, 1.54) is 6.42 Å². The molecule has 1 atom stereocenters. The van der Waals surface area contributed by atoms with E-state index in [1.807, 2.05) is 43.9 Å². The molecule has 0 aliphatic carbocycles. The molecule has 2 N–H and O–H groups in total. The van der Waals surface area contributed by atoms with Crippen molar-refractivity contribution in [2.75, 3.05) is 39.4 Å². The van der Waals surface area contributed by atoms with E-state index in [0.29, 0.717) is 19.2 Å². The maximum absolute atomic E-state index is 12.4. The van der Waals surface area contributed by atoms with E-state index in [0.717, 1.165) is 49.5 Å². The Balaban J connectivity index is 2.04. The number of hydrogen-bond donors (Lipinski definition) is 2. The van der Waals surface area contributed by atoms with Gasteiger partial charge in [0.2, 0.25) is 5.91 Å². The van der Waals surface area contributed by atoms with Crippen LogP contribution < -0.4 is 20.1 Å². The first-order chi connectivity index (χ1) is 14.1. The zero-order valence-corrected chi connectivity index (χ0v) is 18.3. The van der Waals surface area contributed by atoms with Crippen LogP contribution in [0.5, 0.6) is 11.5 Å². The summed E-state index contributed by atoms with van der Waals surface area (Å²) in [4.78, 5) is 18.8. The molecule has 1 amide bonds. The Morgan fingerprint density at radius 1 is 1.10 bits per heavy atom. The lowest BCUT2D eigenvalue weighted by Gasteiger charge is -2.26. The summed E-state index contributed by atoms with van der Waals surface area (Å²) in [6.07, 6.45) is 3.38. The van der Waals surface area contributed by atoms with Gasteiger partial charge in [-0.1, -0.05) is 6.07 Å². The minimum atomic E-state index is -0.00669. The summed E-state index contributed by atoms with van der Waals surface area (Å²) in [6, 6.07) is 5.95. The van der Waals surface area contributed by atoms with Gasteiger partial charge in [-0.05, 0) is 64.7 Å². The van der Waals surface area contributed by atoms with Crippen molar-refractivity contribution in [3.05, 3.63) is 23.8 Å². The maximum atomic E-state index is 12.4. The highest BCUT2D eigenvalue weighted by atomic mass is 16.5. The minimum absolute atomic E-state index is 0.00669. The highest BCUT2D eigenvalue weighted by Crippen LogP contribution is 2.30. The van der Waals surface area contributed by atoms with E-state index in [-0.39, 0.29) is 18.5 Å². The van der Waals surface area contributed by atoms with Crippen LogP contribution in [-0.2, 0) is 4.79 Å². The lowest BCUT2D eigenvalue weighted by molar-refractivity contribution is -0.130. The van der Waals surface area contributed by atoms with Gasteiger partial charge in [-0.25, -0.2) is 4.99 Å². The quantitative estimate of drug-likeness (QED) is 0.489. The summed E-state index contributed by atoms with van der Waals surface area (Å²) >= 11 is 0. The fourth-order valence-corrected chi connectivity index (χ4v) is 3.34. The number of ether oxygens (including phenoxy) is 2. The van der Waals surface area contributed by atoms with Crippen molar-refractivity contribution in [3.63, 3.8) is 0 Å². The number of carbonyl (C=O) groups is 1. The van der Waals surface area contributed by atoms with Crippen LogP contribution in [0.25, 0.3) is 0 Å². The normalized spacial score (nSPS) is 15.6. The molecule has 1 aliphatic rings. The largest absolute Gasteiger partial charge is 0.490 e. The van der Waals surface area contributed by atoms with Gasteiger partial charge in [0, 0.05) is 19.6 Å². The van der Waals surface area contributed by atoms with Gasteiger partial charge in [0.25, 0.3) is 0 Å². The van der Waals surface area contributed by atoms with Crippen molar-refractivity contribution in [1.29, 1.82) is 0 Å². The second-order valence-corrected chi connectivity index (χ2v) is 7.07. The van der Waals surface area contributed by atoms with Crippen LogP contribution in [0.3, 0.4) is 0 Å². The molecule has 7 heteroatoms. The SMILES string of the molecule is CCNC(=NCC(=O)N1CCCCC1)NC(C)c1ccc(OCC)c(OCC)c1. The molecule has 1 heterocycles. The van der Waals surface area contributed by atoms with Crippen LogP contribution in [0.15, 0.2) is 23.2 Å². The van der Waals surface area contributed by atoms with Crippen molar-refractivity contribution in [1.82, 2.24) is 15.5 Å². The molecule has 0 saturated carbocycles. The molecule has 1 fully saturated rings. The number of hydrogen-bond acceptors (Lipinski definition) is 4. The third-order valence-electron chi connectivity index (χ3n) is 4.85. The van der Waals surface area contributed by atoms with E-state index in [4.69, 9.17) is 9.47 Å². The molecule has 1 aromatic rings. The Kier molecular flexibility index (Phi) is 9.60. The summed E-state index contributed by atoms with van der Waals surface area (Å²) in [6.45, 7) is 11.7. The molecule has 162 valence electrons. The van der Waals surface area contributed by atoms with Crippen LogP contribution in [0.4, 0.5) is 0 Å². The van der Waals surface area contributed by atoms with Crippen LogP contribution >= 0.6 is 0 Å². The maximum Gasteiger partial charge on any atom is 0.244 e. The standard InChI is InChI=1S/C22H36N4O3/c1-5-23-22(24-16-21(27)26-13-9-8-10-14-26)25-17(4)18-11-12-19(28-6-2)20(15-18)29-7-3/h11-12,15,17H,5-10,13-14,16H2,1-4H3,(H2,23,24,25). The highest BCUT2D eigenvalue weighted by molar-refractivity contribution is 5.85. The van der Waals surface area contributed by atoms with Gasteiger partial charge in [-0.3, -0.25) is 4.79 Å². The molecular weight excluding hydrogens is 368 g/mol. The zero-order chi connectivity index (χ0) is 21.1. The zero-order valence-electron chi connectivity index (χ0n) is 18.3. The summed E-state index contributed by atoms with van der Waals surface area (Å²) < 4.78 is 11.4. The predicted octanol–water partition coefficient (Wildman–Crippen LogP) is 3.11. The van der Waals surface area contributed by atoms with Crippen molar-refractivity contribution in [2.45, 2.75) is 53.0 Å². The van der Waals surface area contributed by atoms with E-state index in [1.54, 1.807) is 0 Å². The number of rotatable bonds is 9. The van der Waals surface area contributed by atoms with Gasteiger partial charge in [0.15, 0.2) is 17.5 Å². The number of likely N-dealkylation sites (tertiary alicyclic amines) is 1. The molecule has 0 bridgehead atoms. The lowest BCUT2D eigenvalue weighted by Crippen LogP contribution is -2.41. The van der Waals surface area contributed by atoms with Gasteiger partial charge < -0.3 is 25.0 Å². The van der Waals surface area contributed by atoms with Gasteiger partial charge in [-0.15, -0.1) is 0 Å². The number of carbonyl (C=O) groups excluding carboxylic acids is 1. The first kappa shape index (κ1) is 22.8. The van der Waals surface area contributed by atoms with Crippen molar-refractivity contribution in [3.8, 4) is 11.5 Å². The molecule has 1 aliphatic heterocycles. The molecule has 7 nitrogen and oxygen atoms in total. The van der Waals surface area contributed by atoms with Gasteiger partial charge >= 0.3 is 0 Å². The first-order valence-electron chi connectivity index (χ1n) is 10.8. The number of nitrogens with zero attached hydrogens (tertiary/aromatic N) is 2. The number of guanidine groups is 1. The fourth-order valence-electron chi connectivity index (χ4n) is 3.34. The van der Waals surface area contributed by atoms with Crippen LogP contribution in [-0.4, -0.2) is 56.2 Å². The Hall–Kier alpha value is -2.44. The number of amides is 1. The highest BCUT2D eigenvalue weighted by Gasteiger charge is 2.17. The average molecular weight is 405 g/mol. The topological polar surface area (TPSA) is 75.2 Å². The third kappa shape index (κ3) is 7.15. The number of nitrogens with one attached hydrogen (secondary N) is 2. The van der Waals surface area contributed by atoms with Crippen LogP contribution in [0.2, 0.25) is 0 Å². The van der Waals surface area contributed by atoms with Crippen molar-refractivity contribution in [2.24, 2.45) is 4.99 Å². The van der Waals surface area contributed by atoms with Gasteiger partial charge in [-0.2, -0.15) is 0 Å². The molecule has 2 rings (SSSR count). The molecule has 1 unspecified atom stereocenters. The molecule has 0 radical (unpaired) electrons. The van der Waals surface area contributed by atoms with Crippen LogP contribution in [0, 0.1) is 0 Å². The van der Waals surface area contributed by atoms with E-state index < -0.39 is 0 Å². The molecule has 0 spiro atoms. The second kappa shape index (κ2) is 12.2. The van der Waals surface area contributed by atoms with Crippen molar-refractivity contribution >= 4 is 11.9 Å². The van der Waals surface area contributed by atoms with Crippen molar-refractivity contribution < 1.29 is 14.3 Å². The van der Waals surface area contributed by atoms with Crippen LogP contribution in [0.1, 0.15) is 58.6 Å². The fraction of sp³-hybridized carbons (Fsp3) is 0.636. The predicted molar refractivity (Wildman–Crippen MR) is 117 cm³/mol. The monoisotopic (exact) mass is 404 g/mol. The average Bonchev–Trinajstić information content (AvgIpc) is 2.74. The number of piperidine rings is 1. The molecule has 1 aromatic carbocycles. The van der Waals surface area contributed by atoms with E-state index >= 15 is 0 Å². The van der Waals surface area contributed by atoms with E-state index in [9.17, 15) is 4.79 Å². The molecular formula is C22H36N4O3. The number of aliphatic imine (C=N–C) groups is 1. The second-order valence-electron chi connectivity index (χ2n) is 7.07. The first-order valence-corrected chi connectivity index (χ1v) is 10.8. The molecule has 0 aromatic heterocycles. The van der Waals surface area contributed by atoms with E-state index in [2.05, 4.69) is 22.5 Å². The Labute approximate surface area is 174 Å². The Bertz CT molecular complexity index is 672. The number of benzene rings is 1. The minimum Gasteiger partial charge on any atom is -0.490 e. The summed E-state index contributed by atoms with van der Waals surface area (Å²) in [7, 11) is 0. The summed E-state index contributed by atoms with van der Waals surface area (Å²) in [5, 5.41) is 6.61. The van der Waals surface area contributed by atoms with Gasteiger partial charge in [0.05, 0.1) is 19.3 Å². The molecule has 29 heavy (non-hydrogen) atoms. The Morgan fingerprint density at radius 2 is 1.79 bits per heavy atom. The van der Waals surface area contributed by atoms with Gasteiger partial charge in [0.1, 0.15) is 6.54 Å². The third-order valence-corrected chi connectivity index (χ3v) is 4.85. The lowest BCUT2D eigenvalue weighted by atomic mass is 10.1. The Morgan fingerprint density at radius 3 is 2.45 bits per heavy atom. The summed E-state index contributed by atoms with van der Waals surface area (Å²) in [5.74, 6) is 2.21.